The first-order chi connectivity index (χ1) is 12.3. The molecule has 0 aromatic heterocycles. The summed E-state index contributed by atoms with van der Waals surface area (Å²) >= 11 is 0. The first-order valence-electron chi connectivity index (χ1n) is 7.84. The Morgan fingerprint density at radius 3 is 2.42 bits per heavy atom. The number of aromatic carboxylic acids is 1. The molecule has 0 aliphatic carbocycles. The van der Waals surface area contributed by atoms with Crippen molar-refractivity contribution < 1.29 is 24.2 Å². The number of hydrogen-bond acceptors (Lipinski definition) is 5. The SMILES string of the molecule is COC(=O)c1ccc(N(C)C)c(NC(=O)Cc2ccccc2C(=O)O)c1. The fourth-order valence-electron chi connectivity index (χ4n) is 2.52. The third-order valence-electron chi connectivity index (χ3n) is 3.77. The van der Waals surface area contributed by atoms with Crippen molar-refractivity contribution in [3.8, 4) is 0 Å². The van der Waals surface area contributed by atoms with Gasteiger partial charge in [-0.05, 0) is 29.8 Å². The lowest BCUT2D eigenvalue weighted by atomic mass is 10.0. The van der Waals surface area contributed by atoms with E-state index in [1.54, 1.807) is 35.2 Å². The molecule has 0 radical (unpaired) electrons. The average Bonchev–Trinajstić information content (AvgIpc) is 2.60. The minimum Gasteiger partial charge on any atom is -0.478 e. The number of methoxy groups -OCH3 is 1. The summed E-state index contributed by atoms with van der Waals surface area (Å²) in [6, 6.07) is 11.2. The average molecular weight is 356 g/mol. The Morgan fingerprint density at radius 2 is 1.81 bits per heavy atom. The van der Waals surface area contributed by atoms with E-state index in [9.17, 15) is 19.5 Å². The Morgan fingerprint density at radius 1 is 1.12 bits per heavy atom. The van der Waals surface area contributed by atoms with Crippen LogP contribution in [0.25, 0.3) is 0 Å². The van der Waals surface area contributed by atoms with Gasteiger partial charge in [-0.25, -0.2) is 9.59 Å². The summed E-state index contributed by atoms with van der Waals surface area (Å²) in [7, 11) is 4.90. The van der Waals surface area contributed by atoms with E-state index in [-0.39, 0.29) is 17.9 Å². The van der Waals surface area contributed by atoms with Gasteiger partial charge in [0.2, 0.25) is 5.91 Å². The zero-order valence-corrected chi connectivity index (χ0v) is 14.8. The minimum absolute atomic E-state index is 0.0822. The number of carboxylic acids is 1. The van der Waals surface area contributed by atoms with Crippen molar-refractivity contribution in [2.24, 2.45) is 0 Å². The zero-order valence-electron chi connectivity index (χ0n) is 14.8. The van der Waals surface area contributed by atoms with Crippen LogP contribution in [0.5, 0.6) is 0 Å². The van der Waals surface area contributed by atoms with Crippen LogP contribution >= 0.6 is 0 Å². The van der Waals surface area contributed by atoms with Gasteiger partial charge in [-0.1, -0.05) is 18.2 Å². The van der Waals surface area contributed by atoms with Gasteiger partial charge in [0.15, 0.2) is 0 Å². The number of ether oxygens (including phenoxy) is 1. The highest BCUT2D eigenvalue weighted by molar-refractivity contribution is 6.00. The molecular weight excluding hydrogens is 336 g/mol. The Labute approximate surface area is 151 Å². The number of carboxylic acid groups (broad SMARTS) is 1. The second kappa shape index (κ2) is 8.15. The number of anilines is 2. The molecule has 7 heteroatoms. The van der Waals surface area contributed by atoms with Crippen LogP contribution in [0.2, 0.25) is 0 Å². The predicted octanol–water partition coefficient (Wildman–Crippen LogP) is 2.42. The van der Waals surface area contributed by atoms with E-state index in [0.717, 1.165) is 0 Å². The molecule has 0 bridgehead atoms. The van der Waals surface area contributed by atoms with Crippen LogP contribution in [0, 0.1) is 0 Å². The normalized spacial score (nSPS) is 10.1. The summed E-state index contributed by atoms with van der Waals surface area (Å²) in [5, 5.41) is 12.0. The van der Waals surface area contributed by atoms with Crippen molar-refractivity contribution in [1.29, 1.82) is 0 Å². The first-order valence-corrected chi connectivity index (χ1v) is 7.84. The van der Waals surface area contributed by atoms with Gasteiger partial charge in [-0.2, -0.15) is 0 Å². The number of carbonyl (C=O) groups is 3. The molecule has 2 rings (SSSR count). The number of nitrogens with one attached hydrogen (secondary N) is 1. The molecule has 2 N–H and O–H groups in total. The standard InChI is InChI=1S/C19H20N2O5/c1-21(2)16-9-8-13(19(25)26-3)10-15(16)20-17(22)11-12-6-4-5-7-14(12)18(23)24/h4-10H,11H2,1-3H3,(H,20,22)(H,23,24). The molecule has 7 nitrogen and oxygen atoms in total. The molecule has 0 atom stereocenters. The molecule has 1 amide bonds. The Hall–Kier alpha value is -3.35. The van der Waals surface area contributed by atoms with Gasteiger partial charge in [-0.15, -0.1) is 0 Å². The van der Waals surface area contributed by atoms with Crippen LogP contribution in [0.15, 0.2) is 42.5 Å². The Bertz CT molecular complexity index is 846. The molecule has 0 aliphatic rings. The summed E-state index contributed by atoms with van der Waals surface area (Å²) in [5.74, 6) is -1.99. The lowest BCUT2D eigenvalue weighted by molar-refractivity contribution is -0.115. The highest BCUT2D eigenvalue weighted by Crippen LogP contribution is 2.26. The summed E-state index contributed by atoms with van der Waals surface area (Å²) in [6.07, 6.45) is -0.0994. The van der Waals surface area contributed by atoms with Crippen LogP contribution in [0.4, 0.5) is 11.4 Å². The summed E-state index contributed by atoms with van der Waals surface area (Å²) < 4.78 is 4.70. The molecule has 0 fully saturated rings. The zero-order chi connectivity index (χ0) is 19.3. The smallest absolute Gasteiger partial charge is 0.337 e. The second-order valence-corrected chi connectivity index (χ2v) is 5.81. The lowest BCUT2D eigenvalue weighted by Gasteiger charge is -2.19. The third kappa shape index (κ3) is 4.38. The minimum atomic E-state index is -1.09. The largest absolute Gasteiger partial charge is 0.478 e. The van der Waals surface area contributed by atoms with Gasteiger partial charge < -0.3 is 20.1 Å². The van der Waals surface area contributed by atoms with Gasteiger partial charge in [0.1, 0.15) is 0 Å². The van der Waals surface area contributed by atoms with Crippen LogP contribution < -0.4 is 10.2 Å². The monoisotopic (exact) mass is 356 g/mol. The number of nitrogens with zero attached hydrogens (tertiary/aromatic N) is 1. The van der Waals surface area contributed by atoms with E-state index < -0.39 is 11.9 Å². The highest BCUT2D eigenvalue weighted by atomic mass is 16.5. The number of esters is 1. The molecule has 0 saturated heterocycles. The maximum atomic E-state index is 12.4. The van der Waals surface area contributed by atoms with Crippen molar-refractivity contribution >= 4 is 29.2 Å². The van der Waals surface area contributed by atoms with E-state index >= 15 is 0 Å². The van der Waals surface area contributed by atoms with E-state index in [1.165, 1.54) is 19.2 Å². The number of hydrogen-bond donors (Lipinski definition) is 2. The predicted molar refractivity (Wildman–Crippen MR) is 97.8 cm³/mol. The molecule has 136 valence electrons. The topological polar surface area (TPSA) is 95.9 Å². The molecule has 2 aromatic rings. The fraction of sp³-hybridized carbons (Fsp3) is 0.211. The second-order valence-electron chi connectivity index (χ2n) is 5.81. The number of amides is 1. The van der Waals surface area contributed by atoms with Gasteiger partial charge in [0.05, 0.1) is 36.0 Å². The van der Waals surface area contributed by atoms with E-state index in [0.29, 0.717) is 22.5 Å². The van der Waals surface area contributed by atoms with Gasteiger partial charge >= 0.3 is 11.9 Å². The molecule has 0 spiro atoms. The highest BCUT2D eigenvalue weighted by Gasteiger charge is 2.16. The number of rotatable bonds is 6. The molecular formula is C19H20N2O5. The third-order valence-corrected chi connectivity index (χ3v) is 3.77. The summed E-state index contributed by atoms with van der Waals surface area (Å²) in [6.45, 7) is 0. The van der Waals surface area contributed by atoms with E-state index in [2.05, 4.69) is 5.32 Å². The molecule has 0 saturated carbocycles. The van der Waals surface area contributed by atoms with Gasteiger partial charge in [0.25, 0.3) is 0 Å². The molecule has 2 aromatic carbocycles. The number of benzene rings is 2. The van der Waals surface area contributed by atoms with Gasteiger partial charge in [-0.3, -0.25) is 4.79 Å². The van der Waals surface area contributed by atoms with Crippen LogP contribution in [0.3, 0.4) is 0 Å². The molecule has 0 heterocycles. The van der Waals surface area contributed by atoms with Crippen LogP contribution in [-0.2, 0) is 16.0 Å². The van der Waals surface area contributed by atoms with Gasteiger partial charge in [0, 0.05) is 14.1 Å². The first kappa shape index (κ1) is 19.0. The lowest BCUT2D eigenvalue weighted by Crippen LogP contribution is -2.20. The van der Waals surface area contributed by atoms with Crippen molar-refractivity contribution in [2.45, 2.75) is 6.42 Å². The van der Waals surface area contributed by atoms with E-state index in [4.69, 9.17) is 4.74 Å². The molecule has 0 aliphatic heterocycles. The molecule has 26 heavy (non-hydrogen) atoms. The Balaban J connectivity index is 2.28. The quantitative estimate of drug-likeness (QED) is 0.772. The van der Waals surface area contributed by atoms with Crippen molar-refractivity contribution in [3.05, 3.63) is 59.2 Å². The van der Waals surface area contributed by atoms with Crippen LogP contribution in [0.1, 0.15) is 26.3 Å². The maximum absolute atomic E-state index is 12.4. The molecule has 0 unspecified atom stereocenters. The summed E-state index contributed by atoms with van der Waals surface area (Å²) in [5.41, 5.74) is 1.94. The fourth-order valence-corrected chi connectivity index (χ4v) is 2.52. The van der Waals surface area contributed by atoms with Crippen LogP contribution in [-0.4, -0.2) is 44.2 Å². The Kier molecular flexibility index (Phi) is 5.95. The van der Waals surface area contributed by atoms with E-state index in [1.807, 2.05) is 14.1 Å². The van der Waals surface area contributed by atoms with Crippen molar-refractivity contribution in [2.75, 3.05) is 31.4 Å². The van der Waals surface area contributed by atoms with Crippen molar-refractivity contribution in [1.82, 2.24) is 0 Å². The number of carbonyl (C=O) groups excluding carboxylic acids is 2. The van der Waals surface area contributed by atoms with Crippen molar-refractivity contribution in [3.63, 3.8) is 0 Å². The maximum Gasteiger partial charge on any atom is 0.337 e. The summed E-state index contributed by atoms with van der Waals surface area (Å²) in [4.78, 5) is 37.2.